The average Bonchev–Trinajstić information content (AvgIpc) is 2.57. The third kappa shape index (κ3) is 2.63. The van der Waals surface area contributed by atoms with Crippen LogP contribution in [0.2, 0.25) is 0 Å². The molecule has 2 unspecified atom stereocenters. The molecule has 0 aromatic heterocycles. The van der Waals surface area contributed by atoms with Crippen molar-refractivity contribution in [1.29, 1.82) is 0 Å². The van der Waals surface area contributed by atoms with Gasteiger partial charge in [0.2, 0.25) is 0 Å². The van der Waals surface area contributed by atoms with Crippen LogP contribution in [0.5, 0.6) is 0 Å². The highest BCUT2D eigenvalue weighted by Crippen LogP contribution is 2.45. The van der Waals surface area contributed by atoms with Gasteiger partial charge in [0.05, 0.1) is 0 Å². The lowest BCUT2D eigenvalue weighted by Crippen LogP contribution is -2.48. The van der Waals surface area contributed by atoms with Crippen LogP contribution < -0.4 is 5.32 Å². The van der Waals surface area contributed by atoms with Crippen LogP contribution in [0.3, 0.4) is 0 Å². The molecule has 2 atom stereocenters. The molecule has 1 radical (unpaired) electrons. The summed E-state index contributed by atoms with van der Waals surface area (Å²) in [4.78, 5) is 0. The Hall–Kier alpha value is -1.60. The van der Waals surface area contributed by atoms with Gasteiger partial charge >= 0.3 is 0 Å². The van der Waals surface area contributed by atoms with Gasteiger partial charge in [-0.3, -0.25) is 0 Å². The van der Waals surface area contributed by atoms with E-state index in [0.29, 0.717) is 5.92 Å². The molecular formula is C20H24N. The molecule has 1 aliphatic heterocycles. The van der Waals surface area contributed by atoms with Gasteiger partial charge < -0.3 is 5.32 Å². The second-order valence-corrected chi connectivity index (χ2v) is 6.07. The first-order chi connectivity index (χ1) is 10.4. The molecule has 1 heteroatoms. The van der Waals surface area contributed by atoms with Crippen LogP contribution in [0.15, 0.2) is 54.6 Å². The highest BCUT2D eigenvalue weighted by molar-refractivity contribution is 5.41. The molecule has 1 saturated heterocycles. The minimum atomic E-state index is 0.150. The number of hydrogen-bond acceptors (Lipinski definition) is 1. The summed E-state index contributed by atoms with van der Waals surface area (Å²) in [5, 5.41) is 3.61. The Morgan fingerprint density at radius 3 is 2.52 bits per heavy atom. The summed E-state index contributed by atoms with van der Waals surface area (Å²) in [6.45, 7) is 4.50. The highest BCUT2D eigenvalue weighted by atomic mass is 14.9. The number of piperidine rings is 1. The molecule has 109 valence electrons. The van der Waals surface area contributed by atoms with E-state index in [2.05, 4.69) is 72.9 Å². The number of hydrogen-bond donors (Lipinski definition) is 1. The van der Waals surface area contributed by atoms with E-state index in [-0.39, 0.29) is 5.41 Å². The third-order valence-corrected chi connectivity index (χ3v) is 4.94. The van der Waals surface area contributed by atoms with Gasteiger partial charge in [0.15, 0.2) is 0 Å². The fraction of sp³-hybridized carbons (Fsp3) is 0.400. The molecule has 1 aliphatic rings. The SMILES string of the molecule is CCCC1CNCCC1(c1cc[c]cc1)c1ccccc1. The van der Waals surface area contributed by atoms with E-state index in [1.807, 2.05) is 0 Å². The third-order valence-electron chi connectivity index (χ3n) is 4.94. The summed E-state index contributed by atoms with van der Waals surface area (Å²) in [5.74, 6) is 0.654. The van der Waals surface area contributed by atoms with Gasteiger partial charge in [-0.2, -0.15) is 0 Å². The van der Waals surface area contributed by atoms with Gasteiger partial charge in [-0.1, -0.05) is 67.9 Å². The molecule has 2 aromatic carbocycles. The Bertz CT molecular complexity index is 505. The summed E-state index contributed by atoms with van der Waals surface area (Å²) >= 11 is 0. The van der Waals surface area contributed by atoms with E-state index in [1.54, 1.807) is 0 Å². The smallest absolute Gasteiger partial charge is 0.0255 e. The lowest BCUT2D eigenvalue weighted by Gasteiger charge is -2.46. The first-order valence-electron chi connectivity index (χ1n) is 8.10. The number of nitrogens with one attached hydrogen (secondary N) is 1. The zero-order chi connectivity index (χ0) is 14.5. The van der Waals surface area contributed by atoms with Crippen LogP contribution in [0, 0.1) is 12.0 Å². The standard InChI is InChI=1S/C20H24N/c1-2-9-19-16-21-15-14-20(19,17-10-5-3-6-11-17)18-12-7-4-8-13-18/h3,5-8,10-13,19,21H,2,9,14-16H2,1H3. The quantitative estimate of drug-likeness (QED) is 0.884. The molecular weight excluding hydrogens is 254 g/mol. The van der Waals surface area contributed by atoms with Crippen molar-refractivity contribution in [2.45, 2.75) is 31.6 Å². The van der Waals surface area contributed by atoms with Crippen molar-refractivity contribution in [3.8, 4) is 0 Å². The van der Waals surface area contributed by atoms with Crippen molar-refractivity contribution >= 4 is 0 Å². The molecule has 21 heavy (non-hydrogen) atoms. The molecule has 1 N–H and O–H groups in total. The molecule has 1 heterocycles. The first-order valence-corrected chi connectivity index (χ1v) is 8.10. The fourth-order valence-corrected chi connectivity index (χ4v) is 3.98. The molecule has 0 spiro atoms. The molecule has 0 bridgehead atoms. The normalized spacial score (nSPS) is 21.1. The largest absolute Gasteiger partial charge is 0.316 e. The maximum atomic E-state index is 3.61. The van der Waals surface area contributed by atoms with Gasteiger partial charge in [-0.25, -0.2) is 0 Å². The molecule has 1 fully saturated rings. The monoisotopic (exact) mass is 278 g/mol. The van der Waals surface area contributed by atoms with E-state index in [0.717, 1.165) is 13.1 Å². The molecule has 3 rings (SSSR count). The summed E-state index contributed by atoms with van der Waals surface area (Å²) in [6, 6.07) is 22.9. The Balaban J connectivity index is 2.14. The van der Waals surface area contributed by atoms with E-state index < -0.39 is 0 Å². The van der Waals surface area contributed by atoms with Crippen LogP contribution in [0.1, 0.15) is 37.3 Å². The minimum Gasteiger partial charge on any atom is -0.316 e. The van der Waals surface area contributed by atoms with Gasteiger partial charge in [0.1, 0.15) is 0 Å². The predicted molar refractivity (Wildman–Crippen MR) is 88.4 cm³/mol. The minimum absolute atomic E-state index is 0.150. The molecule has 1 nitrogen and oxygen atoms in total. The second-order valence-electron chi connectivity index (χ2n) is 6.07. The van der Waals surface area contributed by atoms with Crippen LogP contribution in [-0.4, -0.2) is 13.1 Å². The van der Waals surface area contributed by atoms with Gasteiger partial charge in [0, 0.05) is 5.41 Å². The molecule has 0 aliphatic carbocycles. The average molecular weight is 278 g/mol. The van der Waals surface area contributed by atoms with Gasteiger partial charge in [-0.15, -0.1) is 0 Å². The van der Waals surface area contributed by atoms with Crippen molar-refractivity contribution in [1.82, 2.24) is 5.32 Å². The zero-order valence-electron chi connectivity index (χ0n) is 12.8. The highest BCUT2D eigenvalue weighted by Gasteiger charge is 2.42. The van der Waals surface area contributed by atoms with Crippen molar-refractivity contribution in [2.24, 2.45) is 5.92 Å². The van der Waals surface area contributed by atoms with Crippen molar-refractivity contribution < 1.29 is 0 Å². The number of benzene rings is 2. The van der Waals surface area contributed by atoms with E-state index in [1.165, 1.54) is 30.4 Å². The van der Waals surface area contributed by atoms with Crippen molar-refractivity contribution in [3.05, 3.63) is 71.8 Å². The van der Waals surface area contributed by atoms with Gasteiger partial charge in [0.25, 0.3) is 0 Å². The second kappa shape index (κ2) is 6.44. The van der Waals surface area contributed by atoms with Crippen LogP contribution >= 0.6 is 0 Å². The summed E-state index contributed by atoms with van der Waals surface area (Å²) in [6.07, 6.45) is 3.67. The maximum Gasteiger partial charge on any atom is 0.0255 e. The number of rotatable bonds is 4. The van der Waals surface area contributed by atoms with Gasteiger partial charge in [-0.05, 0) is 49.0 Å². The maximum absolute atomic E-state index is 3.61. The summed E-state index contributed by atoms with van der Waals surface area (Å²) < 4.78 is 0. The Morgan fingerprint density at radius 2 is 1.81 bits per heavy atom. The van der Waals surface area contributed by atoms with E-state index in [4.69, 9.17) is 0 Å². The topological polar surface area (TPSA) is 12.0 Å². The Kier molecular flexibility index (Phi) is 4.40. The predicted octanol–water partition coefficient (Wildman–Crippen LogP) is 4.18. The summed E-state index contributed by atoms with van der Waals surface area (Å²) in [7, 11) is 0. The van der Waals surface area contributed by atoms with Crippen LogP contribution in [0.25, 0.3) is 0 Å². The fourth-order valence-electron chi connectivity index (χ4n) is 3.98. The Labute approximate surface area is 128 Å². The van der Waals surface area contributed by atoms with E-state index >= 15 is 0 Å². The van der Waals surface area contributed by atoms with Crippen molar-refractivity contribution in [2.75, 3.05) is 13.1 Å². The Morgan fingerprint density at radius 1 is 1.10 bits per heavy atom. The lowest BCUT2D eigenvalue weighted by atomic mass is 9.61. The molecule has 0 amide bonds. The van der Waals surface area contributed by atoms with Crippen LogP contribution in [-0.2, 0) is 5.41 Å². The summed E-state index contributed by atoms with van der Waals surface area (Å²) in [5.41, 5.74) is 3.07. The lowest BCUT2D eigenvalue weighted by molar-refractivity contribution is 0.228. The first kappa shape index (κ1) is 14.3. The van der Waals surface area contributed by atoms with E-state index in [9.17, 15) is 0 Å². The molecule has 2 aromatic rings. The van der Waals surface area contributed by atoms with Crippen LogP contribution in [0.4, 0.5) is 0 Å². The zero-order valence-corrected chi connectivity index (χ0v) is 12.8. The van der Waals surface area contributed by atoms with Crippen molar-refractivity contribution in [3.63, 3.8) is 0 Å². The molecule has 0 saturated carbocycles.